The molecule has 0 aliphatic heterocycles. The van der Waals surface area contributed by atoms with Crippen molar-refractivity contribution in [2.24, 2.45) is 17.3 Å². The predicted octanol–water partition coefficient (Wildman–Crippen LogP) is 2.86. The van der Waals surface area contributed by atoms with Gasteiger partial charge in [0.2, 0.25) is 0 Å². The van der Waals surface area contributed by atoms with Crippen molar-refractivity contribution in [1.29, 1.82) is 0 Å². The third-order valence-corrected chi connectivity index (χ3v) is 5.30. The van der Waals surface area contributed by atoms with Crippen LogP contribution in [0.3, 0.4) is 0 Å². The molecular weight excluding hydrogens is 220 g/mol. The summed E-state index contributed by atoms with van der Waals surface area (Å²) >= 11 is 0. The fourth-order valence-corrected chi connectivity index (χ4v) is 3.60. The van der Waals surface area contributed by atoms with E-state index in [2.05, 4.69) is 50.7 Å². The van der Waals surface area contributed by atoms with E-state index in [0.29, 0.717) is 5.41 Å². The van der Waals surface area contributed by atoms with Crippen molar-refractivity contribution in [1.82, 2.24) is 9.80 Å². The Hall–Kier alpha value is -0.340. The number of fused-ring (bicyclic) bond motifs is 1. The van der Waals surface area contributed by atoms with Crippen molar-refractivity contribution in [2.75, 3.05) is 40.3 Å². The van der Waals surface area contributed by atoms with Crippen LogP contribution in [0.25, 0.3) is 0 Å². The Labute approximate surface area is 113 Å². The van der Waals surface area contributed by atoms with Crippen molar-refractivity contribution in [3.8, 4) is 0 Å². The number of hydrogen-bond acceptors (Lipinski definition) is 2. The second-order valence-corrected chi connectivity index (χ2v) is 6.99. The summed E-state index contributed by atoms with van der Waals surface area (Å²) in [5, 5.41) is 0. The third-order valence-electron chi connectivity index (χ3n) is 5.30. The Morgan fingerprint density at radius 3 is 2.50 bits per heavy atom. The van der Waals surface area contributed by atoms with Crippen LogP contribution in [0.15, 0.2) is 11.6 Å². The molecule has 2 bridgehead atoms. The number of rotatable bonds is 6. The maximum Gasteiger partial charge on any atom is 0.0196 e. The topological polar surface area (TPSA) is 6.48 Å². The van der Waals surface area contributed by atoms with E-state index < -0.39 is 0 Å². The van der Waals surface area contributed by atoms with Gasteiger partial charge in [-0.1, -0.05) is 32.4 Å². The highest BCUT2D eigenvalue weighted by atomic mass is 15.2. The molecule has 0 N–H and O–H groups in total. The molecule has 0 radical (unpaired) electrons. The van der Waals surface area contributed by atoms with E-state index in [0.717, 1.165) is 18.4 Å². The normalized spacial score (nSPS) is 29.4. The molecule has 104 valence electrons. The lowest BCUT2D eigenvalue weighted by atomic mass is 9.49. The highest BCUT2D eigenvalue weighted by Gasteiger charge is 2.50. The van der Waals surface area contributed by atoms with Gasteiger partial charge in [0.15, 0.2) is 0 Å². The van der Waals surface area contributed by atoms with Crippen LogP contribution in [0.5, 0.6) is 0 Å². The van der Waals surface area contributed by atoms with Crippen LogP contribution in [0.1, 0.15) is 33.6 Å². The highest BCUT2D eigenvalue weighted by molar-refractivity contribution is 5.24. The molecule has 0 amide bonds. The van der Waals surface area contributed by atoms with Crippen molar-refractivity contribution >= 4 is 0 Å². The quantitative estimate of drug-likeness (QED) is 0.669. The largest absolute Gasteiger partial charge is 0.308 e. The van der Waals surface area contributed by atoms with Gasteiger partial charge in [-0.2, -0.15) is 0 Å². The Balaban J connectivity index is 1.90. The van der Waals surface area contributed by atoms with Crippen LogP contribution in [0.4, 0.5) is 0 Å². The number of allylic oxidation sites excluding steroid dienone is 1. The van der Waals surface area contributed by atoms with Gasteiger partial charge < -0.3 is 4.90 Å². The van der Waals surface area contributed by atoms with Crippen LogP contribution in [0, 0.1) is 17.3 Å². The summed E-state index contributed by atoms with van der Waals surface area (Å²) in [5.41, 5.74) is 2.30. The summed E-state index contributed by atoms with van der Waals surface area (Å²) < 4.78 is 0. The molecule has 0 aromatic rings. The van der Waals surface area contributed by atoms with Crippen molar-refractivity contribution < 1.29 is 0 Å². The zero-order valence-electron chi connectivity index (χ0n) is 12.9. The summed E-state index contributed by atoms with van der Waals surface area (Å²) in [6.07, 6.45) is 5.32. The van der Waals surface area contributed by atoms with E-state index >= 15 is 0 Å². The summed E-state index contributed by atoms with van der Waals surface area (Å²) in [5.74, 6) is 1.83. The van der Waals surface area contributed by atoms with Gasteiger partial charge in [-0.15, -0.1) is 0 Å². The van der Waals surface area contributed by atoms with Gasteiger partial charge in [0.05, 0.1) is 0 Å². The number of hydrogen-bond donors (Lipinski definition) is 0. The second-order valence-electron chi connectivity index (χ2n) is 6.99. The molecule has 0 heterocycles. The lowest BCUT2D eigenvalue weighted by Crippen LogP contribution is -2.50. The molecule has 2 heteroatoms. The van der Waals surface area contributed by atoms with Crippen LogP contribution in [-0.4, -0.2) is 50.1 Å². The number of nitrogens with zero attached hydrogens (tertiary/aromatic N) is 2. The minimum atomic E-state index is 0.574. The molecule has 1 saturated carbocycles. The molecule has 0 spiro atoms. The Kier molecular flexibility index (Phi) is 4.18. The monoisotopic (exact) mass is 250 g/mol. The van der Waals surface area contributed by atoms with Crippen molar-refractivity contribution in [3.63, 3.8) is 0 Å². The maximum absolute atomic E-state index is 2.60. The van der Waals surface area contributed by atoms with E-state index in [1.807, 2.05) is 0 Å². The molecule has 2 nitrogen and oxygen atoms in total. The molecule has 3 rings (SSSR count). The van der Waals surface area contributed by atoms with E-state index in [9.17, 15) is 0 Å². The van der Waals surface area contributed by atoms with Gasteiger partial charge in [0.25, 0.3) is 0 Å². The summed E-state index contributed by atoms with van der Waals surface area (Å²) in [7, 11) is 4.32. The molecule has 18 heavy (non-hydrogen) atoms. The summed E-state index contributed by atoms with van der Waals surface area (Å²) in [6.45, 7) is 11.9. The standard InChI is InChI=1S/C16H30N2/c1-6-18(10-9-17(4)5)12-13-7-8-14-11-15(13)16(14,2)3/h7,14-15H,6,8-12H2,1-5H3. The van der Waals surface area contributed by atoms with Gasteiger partial charge >= 0.3 is 0 Å². The van der Waals surface area contributed by atoms with Gasteiger partial charge in [0, 0.05) is 19.6 Å². The summed E-state index contributed by atoms with van der Waals surface area (Å²) in [6, 6.07) is 0. The molecule has 0 aromatic carbocycles. The van der Waals surface area contributed by atoms with Crippen LogP contribution in [-0.2, 0) is 0 Å². The minimum Gasteiger partial charge on any atom is -0.308 e. The van der Waals surface area contributed by atoms with E-state index in [4.69, 9.17) is 0 Å². The molecule has 3 aliphatic rings. The maximum atomic E-state index is 2.60. The zero-order valence-corrected chi connectivity index (χ0v) is 12.9. The van der Waals surface area contributed by atoms with E-state index in [1.54, 1.807) is 5.57 Å². The van der Waals surface area contributed by atoms with Crippen LogP contribution < -0.4 is 0 Å². The SMILES string of the molecule is CCN(CCN(C)C)CC1=CCC2CC1C2(C)C. The highest BCUT2D eigenvalue weighted by Crippen LogP contribution is 2.59. The molecule has 1 fully saturated rings. The van der Waals surface area contributed by atoms with Gasteiger partial charge in [0.1, 0.15) is 0 Å². The Morgan fingerprint density at radius 1 is 1.28 bits per heavy atom. The Morgan fingerprint density at radius 2 is 2.00 bits per heavy atom. The fraction of sp³-hybridized carbons (Fsp3) is 0.875. The van der Waals surface area contributed by atoms with Crippen molar-refractivity contribution in [3.05, 3.63) is 11.6 Å². The average Bonchev–Trinajstić information content (AvgIpc) is 2.34. The first kappa shape index (κ1) is 14.1. The predicted molar refractivity (Wildman–Crippen MR) is 78.7 cm³/mol. The van der Waals surface area contributed by atoms with Gasteiger partial charge in [-0.05, 0) is 50.7 Å². The first-order valence-corrected chi connectivity index (χ1v) is 7.51. The molecule has 0 saturated heterocycles. The molecule has 3 aliphatic carbocycles. The van der Waals surface area contributed by atoms with Crippen LogP contribution in [0.2, 0.25) is 0 Å². The second kappa shape index (κ2) is 5.34. The summed E-state index contributed by atoms with van der Waals surface area (Å²) in [4.78, 5) is 4.88. The molecule has 0 aromatic heterocycles. The molecular formula is C16H30N2. The first-order valence-electron chi connectivity index (χ1n) is 7.51. The fourth-order valence-electron chi connectivity index (χ4n) is 3.60. The lowest BCUT2D eigenvalue weighted by Gasteiger charge is -2.57. The lowest BCUT2D eigenvalue weighted by molar-refractivity contribution is -0.0106. The van der Waals surface area contributed by atoms with Gasteiger partial charge in [-0.25, -0.2) is 0 Å². The average molecular weight is 250 g/mol. The van der Waals surface area contributed by atoms with Crippen molar-refractivity contribution in [2.45, 2.75) is 33.6 Å². The van der Waals surface area contributed by atoms with E-state index in [1.165, 1.54) is 32.5 Å². The Bertz CT molecular complexity index is 317. The zero-order chi connectivity index (χ0) is 13.3. The molecule has 2 unspecified atom stereocenters. The first-order chi connectivity index (χ1) is 8.45. The van der Waals surface area contributed by atoms with Crippen LogP contribution >= 0.6 is 0 Å². The smallest absolute Gasteiger partial charge is 0.0196 e. The number of likely N-dealkylation sites (N-methyl/N-ethyl adjacent to an activating group) is 2. The minimum absolute atomic E-state index is 0.574. The van der Waals surface area contributed by atoms with E-state index in [-0.39, 0.29) is 0 Å². The third kappa shape index (κ3) is 2.65. The van der Waals surface area contributed by atoms with Gasteiger partial charge in [-0.3, -0.25) is 4.90 Å². The molecule has 2 atom stereocenters.